The van der Waals surface area contributed by atoms with Crippen LogP contribution in [0.15, 0.2) is 23.2 Å². The van der Waals surface area contributed by atoms with Crippen LogP contribution in [0.25, 0.3) is 0 Å². The Labute approximate surface area is 112 Å². The van der Waals surface area contributed by atoms with Crippen molar-refractivity contribution >= 4 is 5.96 Å². The van der Waals surface area contributed by atoms with Crippen molar-refractivity contribution in [3.8, 4) is 5.75 Å². The second kappa shape index (κ2) is 6.41. The van der Waals surface area contributed by atoms with Gasteiger partial charge < -0.3 is 15.8 Å². The van der Waals surface area contributed by atoms with Gasteiger partial charge in [-0.3, -0.25) is 0 Å². The van der Waals surface area contributed by atoms with Crippen LogP contribution in [0.1, 0.15) is 24.8 Å². The van der Waals surface area contributed by atoms with E-state index in [4.69, 9.17) is 10.5 Å². The number of hydrogen-bond acceptors (Lipinski definition) is 2. The average molecular weight is 265 g/mol. The predicted molar refractivity (Wildman–Crippen MR) is 73.6 cm³/mol. The minimum atomic E-state index is -0.299. The molecular weight excluding hydrogens is 245 g/mol. The maximum atomic E-state index is 13.2. The summed E-state index contributed by atoms with van der Waals surface area (Å²) >= 11 is 0. The molecule has 1 aromatic rings. The van der Waals surface area contributed by atoms with Crippen LogP contribution in [-0.4, -0.2) is 19.6 Å². The number of guanidine groups is 1. The summed E-state index contributed by atoms with van der Waals surface area (Å²) < 4.78 is 18.3. The van der Waals surface area contributed by atoms with Gasteiger partial charge in [-0.1, -0.05) is 6.42 Å². The number of nitrogens with one attached hydrogen (secondary N) is 1. The number of nitrogens with two attached hydrogens (primary N) is 1. The lowest BCUT2D eigenvalue weighted by atomic mass is 9.85. The van der Waals surface area contributed by atoms with Gasteiger partial charge in [0.1, 0.15) is 11.6 Å². The quantitative estimate of drug-likeness (QED) is 0.632. The first-order valence-electron chi connectivity index (χ1n) is 6.55. The van der Waals surface area contributed by atoms with Crippen LogP contribution in [0, 0.1) is 11.7 Å². The molecule has 0 saturated heterocycles. The van der Waals surface area contributed by atoms with E-state index in [1.165, 1.54) is 31.4 Å². The molecule has 1 saturated carbocycles. The third kappa shape index (κ3) is 3.84. The smallest absolute Gasteiger partial charge is 0.188 e. The normalized spacial score (nSPS) is 16.0. The molecule has 0 unspecified atom stereocenters. The van der Waals surface area contributed by atoms with E-state index in [0.29, 0.717) is 23.8 Å². The van der Waals surface area contributed by atoms with E-state index in [-0.39, 0.29) is 5.82 Å². The Balaban J connectivity index is 1.90. The van der Waals surface area contributed by atoms with Crippen molar-refractivity contribution in [2.45, 2.75) is 25.8 Å². The number of hydrogen-bond donors (Lipinski definition) is 2. The lowest BCUT2D eigenvalue weighted by Crippen LogP contribution is -2.37. The van der Waals surface area contributed by atoms with Crippen LogP contribution in [0.2, 0.25) is 0 Å². The van der Waals surface area contributed by atoms with Crippen molar-refractivity contribution in [3.05, 3.63) is 29.6 Å². The monoisotopic (exact) mass is 265 g/mol. The summed E-state index contributed by atoms with van der Waals surface area (Å²) in [4.78, 5) is 4.21. The molecule has 2 rings (SSSR count). The molecule has 0 atom stereocenters. The molecule has 1 aromatic carbocycles. The number of rotatable bonds is 5. The molecule has 0 bridgehead atoms. The summed E-state index contributed by atoms with van der Waals surface area (Å²) in [5.41, 5.74) is 6.47. The van der Waals surface area contributed by atoms with Crippen LogP contribution < -0.4 is 15.8 Å². The zero-order valence-corrected chi connectivity index (χ0v) is 11.2. The number of aliphatic imine (C=N–C) groups is 1. The maximum absolute atomic E-state index is 13.2. The fourth-order valence-electron chi connectivity index (χ4n) is 2.04. The van der Waals surface area contributed by atoms with Crippen LogP contribution in [-0.2, 0) is 6.54 Å². The molecular formula is C14H20FN3O. The maximum Gasteiger partial charge on any atom is 0.188 e. The Hall–Kier alpha value is -1.78. The van der Waals surface area contributed by atoms with Gasteiger partial charge in [0, 0.05) is 12.1 Å². The second-order valence-electron chi connectivity index (χ2n) is 4.84. The van der Waals surface area contributed by atoms with Gasteiger partial charge >= 0.3 is 0 Å². The first-order valence-corrected chi connectivity index (χ1v) is 6.55. The highest BCUT2D eigenvalue weighted by Gasteiger charge is 2.16. The second-order valence-corrected chi connectivity index (χ2v) is 4.84. The van der Waals surface area contributed by atoms with Gasteiger partial charge in [-0.15, -0.1) is 0 Å². The highest BCUT2D eigenvalue weighted by Crippen LogP contribution is 2.25. The van der Waals surface area contributed by atoms with E-state index in [9.17, 15) is 4.39 Å². The molecule has 19 heavy (non-hydrogen) atoms. The Bertz CT molecular complexity index is 458. The van der Waals surface area contributed by atoms with E-state index in [1.807, 2.05) is 0 Å². The third-order valence-corrected chi connectivity index (χ3v) is 3.46. The van der Waals surface area contributed by atoms with E-state index in [1.54, 1.807) is 13.2 Å². The predicted octanol–water partition coefficient (Wildman–Crippen LogP) is 2.04. The SMILES string of the molecule is COc1ccc(F)cc1CN=C(N)NCC1CCC1. The van der Waals surface area contributed by atoms with Gasteiger partial charge in [-0.2, -0.15) is 0 Å². The van der Waals surface area contributed by atoms with Gasteiger partial charge in [0.15, 0.2) is 5.96 Å². The highest BCUT2D eigenvalue weighted by molar-refractivity contribution is 5.77. The fraction of sp³-hybridized carbons (Fsp3) is 0.500. The van der Waals surface area contributed by atoms with Gasteiger partial charge in [-0.05, 0) is 37.0 Å². The molecule has 104 valence electrons. The summed E-state index contributed by atoms with van der Waals surface area (Å²) in [6.07, 6.45) is 3.83. The number of nitrogens with zero attached hydrogens (tertiary/aromatic N) is 1. The summed E-state index contributed by atoms with van der Waals surface area (Å²) in [7, 11) is 1.55. The van der Waals surface area contributed by atoms with Crippen LogP contribution in [0.3, 0.4) is 0 Å². The molecule has 5 heteroatoms. The van der Waals surface area contributed by atoms with Crippen molar-refractivity contribution in [2.24, 2.45) is 16.6 Å². The molecule has 0 heterocycles. The molecule has 1 aliphatic carbocycles. The summed E-state index contributed by atoms with van der Waals surface area (Å²) in [6.45, 7) is 1.18. The number of ether oxygens (including phenoxy) is 1. The Kier molecular flexibility index (Phi) is 4.60. The Morgan fingerprint density at radius 2 is 2.32 bits per heavy atom. The van der Waals surface area contributed by atoms with Crippen LogP contribution in [0.4, 0.5) is 4.39 Å². The van der Waals surface area contributed by atoms with E-state index >= 15 is 0 Å². The summed E-state index contributed by atoms with van der Waals surface area (Å²) in [5, 5.41) is 3.10. The van der Waals surface area contributed by atoms with Crippen molar-refractivity contribution in [3.63, 3.8) is 0 Å². The van der Waals surface area contributed by atoms with Crippen molar-refractivity contribution < 1.29 is 9.13 Å². The lowest BCUT2D eigenvalue weighted by molar-refractivity contribution is 0.315. The molecule has 0 aliphatic heterocycles. The number of halogens is 1. The molecule has 4 nitrogen and oxygen atoms in total. The van der Waals surface area contributed by atoms with Crippen LogP contribution >= 0.6 is 0 Å². The van der Waals surface area contributed by atoms with Crippen molar-refractivity contribution in [1.82, 2.24) is 5.32 Å². The highest BCUT2D eigenvalue weighted by atomic mass is 19.1. The van der Waals surface area contributed by atoms with Gasteiger partial charge in [0.2, 0.25) is 0 Å². The number of benzene rings is 1. The topological polar surface area (TPSA) is 59.6 Å². The summed E-state index contributed by atoms with van der Waals surface area (Å²) in [5.74, 6) is 1.44. The van der Waals surface area contributed by atoms with E-state index < -0.39 is 0 Å². The standard InChI is InChI=1S/C14H20FN3O/c1-19-13-6-5-12(15)7-11(13)9-18-14(16)17-8-10-3-2-4-10/h5-7,10H,2-4,8-9H2,1H3,(H3,16,17,18). The van der Waals surface area contributed by atoms with E-state index in [0.717, 1.165) is 12.5 Å². The van der Waals surface area contributed by atoms with Gasteiger partial charge in [-0.25, -0.2) is 9.38 Å². The minimum absolute atomic E-state index is 0.299. The molecule has 0 aromatic heterocycles. The Morgan fingerprint density at radius 1 is 1.53 bits per heavy atom. The summed E-state index contributed by atoms with van der Waals surface area (Å²) in [6, 6.07) is 4.38. The fourth-order valence-corrected chi connectivity index (χ4v) is 2.04. The van der Waals surface area contributed by atoms with Gasteiger partial charge in [0.05, 0.1) is 13.7 Å². The average Bonchev–Trinajstić information content (AvgIpc) is 2.34. The zero-order valence-electron chi connectivity index (χ0n) is 11.2. The number of methoxy groups -OCH3 is 1. The largest absolute Gasteiger partial charge is 0.496 e. The van der Waals surface area contributed by atoms with Gasteiger partial charge in [0.25, 0.3) is 0 Å². The molecule has 1 aliphatic rings. The first kappa shape index (κ1) is 13.6. The molecule has 0 amide bonds. The zero-order chi connectivity index (χ0) is 13.7. The lowest BCUT2D eigenvalue weighted by Gasteiger charge is -2.25. The molecule has 1 fully saturated rings. The molecule has 0 radical (unpaired) electrons. The van der Waals surface area contributed by atoms with Crippen molar-refractivity contribution in [1.29, 1.82) is 0 Å². The molecule has 3 N–H and O–H groups in total. The third-order valence-electron chi connectivity index (χ3n) is 3.46. The van der Waals surface area contributed by atoms with E-state index in [2.05, 4.69) is 10.3 Å². The first-order chi connectivity index (χ1) is 9.19. The molecule has 0 spiro atoms. The minimum Gasteiger partial charge on any atom is -0.496 e. The van der Waals surface area contributed by atoms with Crippen molar-refractivity contribution in [2.75, 3.05) is 13.7 Å². The van der Waals surface area contributed by atoms with Crippen LogP contribution in [0.5, 0.6) is 5.75 Å². The Morgan fingerprint density at radius 3 is 2.95 bits per heavy atom.